The number of hydrogen-bond donors (Lipinski definition) is 3. The van der Waals surface area contributed by atoms with Crippen LogP contribution in [0.3, 0.4) is 0 Å². The smallest absolute Gasteiger partial charge is 0.243 e. The highest BCUT2D eigenvalue weighted by Crippen LogP contribution is 2.29. The average molecular weight is 380 g/mol. The summed E-state index contributed by atoms with van der Waals surface area (Å²) in [4.78, 5) is 24.6. The zero-order valence-corrected chi connectivity index (χ0v) is 15.8. The lowest BCUT2D eigenvalue weighted by atomic mass is 10.1. The van der Waals surface area contributed by atoms with Gasteiger partial charge in [-0.3, -0.25) is 9.59 Å². The van der Waals surface area contributed by atoms with Gasteiger partial charge in [0, 0.05) is 9.92 Å². The van der Waals surface area contributed by atoms with Gasteiger partial charge in [0.1, 0.15) is 0 Å². The fourth-order valence-corrected chi connectivity index (χ4v) is 2.58. The van der Waals surface area contributed by atoms with E-state index in [1.54, 1.807) is 23.9 Å². The predicted octanol–water partition coefficient (Wildman–Crippen LogP) is 2.91. The number of anilines is 1. The zero-order chi connectivity index (χ0) is 16.7. The van der Waals surface area contributed by atoms with Gasteiger partial charge in [0.15, 0.2) is 0 Å². The number of hydrogen-bond acceptors (Lipinski definition) is 4. The standard InChI is InChI=1S/C15H22ClN3O2S.ClH/c1-4-22-12-6-5-10(16)7-11(12)19-13(20)8-18-15(21)14(17)9(2)3;/h5-7,9,14H,4,8,17H2,1-3H3,(H,18,21)(H,19,20);1H/t14-;/m0./s1. The van der Waals surface area contributed by atoms with Gasteiger partial charge in [-0.25, -0.2) is 0 Å². The summed E-state index contributed by atoms with van der Waals surface area (Å²) >= 11 is 7.56. The Morgan fingerprint density at radius 1 is 1.35 bits per heavy atom. The molecule has 0 saturated carbocycles. The molecule has 0 aliphatic heterocycles. The van der Waals surface area contributed by atoms with Gasteiger partial charge >= 0.3 is 0 Å². The van der Waals surface area contributed by atoms with Gasteiger partial charge < -0.3 is 16.4 Å². The molecule has 5 nitrogen and oxygen atoms in total. The minimum atomic E-state index is -0.620. The fourth-order valence-electron chi connectivity index (χ4n) is 1.66. The van der Waals surface area contributed by atoms with Crippen LogP contribution in [0.1, 0.15) is 20.8 Å². The molecule has 8 heteroatoms. The molecule has 0 spiro atoms. The Morgan fingerprint density at radius 2 is 2.00 bits per heavy atom. The van der Waals surface area contributed by atoms with E-state index < -0.39 is 6.04 Å². The van der Waals surface area contributed by atoms with Gasteiger partial charge in [-0.05, 0) is 29.9 Å². The Hall–Kier alpha value is -0.950. The van der Waals surface area contributed by atoms with Gasteiger partial charge in [0.2, 0.25) is 11.8 Å². The van der Waals surface area contributed by atoms with Crippen LogP contribution in [0.4, 0.5) is 5.69 Å². The van der Waals surface area contributed by atoms with Crippen LogP contribution in [0.5, 0.6) is 0 Å². The van der Waals surface area contributed by atoms with Crippen molar-refractivity contribution in [3.63, 3.8) is 0 Å². The summed E-state index contributed by atoms with van der Waals surface area (Å²) < 4.78 is 0. The Kier molecular flexibility index (Phi) is 10.3. The lowest BCUT2D eigenvalue weighted by Crippen LogP contribution is -2.46. The summed E-state index contributed by atoms with van der Waals surface area (Å²) in [5, 5.41) is 5.84. The summed E-state index contributed by atoms with van der Waals surface area (Å²) in [6, 6.07) is 4.71. The maximum Gasteiger partial charge on any atom is 0.243 e. The molecule has 0 aromatic heterocycles. The van der Waals surface area contributed by atoms with E-state index in [1.165, 1.54) is 0 Å². The number of thioether (sulfide) groups is 1. The van der Waals surface area contributed by atoms with E-state index >= 15 is 0 Å². The number of carbonyl (C=O) groups is 2. The van der Waals surface area contributed by atoms with E-state index in [9.17, 15) is 9.59 Å². The molecule has 2 amide bonds. The highest BCUT2D eigenvalue weighted by Gasteiger charge is 2.17. The number of carbonyl (C=O) groups excluding carboxylic acids is 2. The number of benzene rings is 1. The number of amides is 2. The van der Waals surface area contributed by atoms with Crippen molar-refractivity contribution in [1.29, 1.82) is 0 Å². The second-order valence-electron chi connectivity index (χ2n) is 5.11. The first-order chi connectivity index (χ1) is 10.3. The lowest BCUT2D eigenvalue weighted by molar-refractivity contribution is -0.125. The quantitative estimate of drug-likeness (QED) is 0.635. The number of nitrogens with one attached hydrogen (secondary N) is 2. The number of nitrogens with two attached hydrogens (primary N) is 1. The monoisotopic (exact) mass is 379 g/mol. The van der Waals surface area contributed by atoms with E-state index in [0.717, 1.165) is 10.6 Å². The van der Waals surface area contributed by atoms with Gasteiger partial charge in [-0.2, -0.15) is 0 Å². The van der Waals surface area contributed by atoms with Gasteiger partial charge in [-0.1, -0.05) is 32.4 Å². The molecule has 0 heterocycles. The molecule has 0 radical (unpaired) electrons. The molecular weight excluding hydrogens is 357 g/mol. The second-order valence-corrected chi connectivity index (χ2v) is 6.85. The Bertz CT molecular complexity index is 541. The van der Waals surface area contributed by atoms with E-state index in [0.29, 0.717) is 10.7 Å². The third-order valence-corrected chi connectivity index (χ3v) is 4.15. The van der Waals surface area contributed by atoms with Crippen molar-refractivity contribution in [1.82, 2.24) is 5.32 Å². The van der Waals surface area contributed by atoms with Crippen molar-refractivity contribution in [2.45, 2.75) is 31.7 Å². The predicted molar refractivity (Wildman–Crippen MR) is 99.6 cm³/mol. The van der Waals surface area contributed by atoms with Crippen LogP contribution in [-0.4, -0.2) is 30.2 Å². The van der Waals surface area contributed by atoms with Crippen LogP contribution < -0.4 is 16.4 Å². The highest BCUT2D eigenvalue weighted by molar-refractivity contribution is 7.99. The summed E-state index contributed by atoms with van der Waals surface area (Å²) in [6.07, 6.45) is 0. The molecule has 0 aliphatic rings. The average Bonchev–Trinajstić information content (AvgIpc) is 2.46. The number of halogens is 2. The Balaban J connectivity index is 0.00000484. The first-order valence-electron chi connectivity index (χ1n) is 7.10. The topological polar surface area (TPSA) is 84.2 Å². The third kappa shape index (κ3) is 7.44. The fraction of sp³-hybridized carbons (Fsp3) is 0.467. The van der Waals surface area contributed by atoms with Crippen LogP contribution in [-0.2, 0) is 9.59 Å². The van der Waals surface area contributed by atoms with Crippen molar-refractivity contribution < 1.29 is 9.59 Å². The molecule has 23 heavy (non-hydrogen) atoms. The third-order valence-electron chi connectivity index (χ3n) is 2.96. The summed E-state index contributed by atoms with van der Waals surface area (Å²) in [7, 11) is 0. The van der Waals surface area contributed by atoms with Crippen molar-refractivity contribution >= 4 is 53.3 Å². The Morgan fingerprint density at radius 3 is 2.57 bits per heavy atom. The molecule has 1 aromatic rings. The summed E-state index contributed by atoms with van der Waals surface area (Å²) in [5.74, 6) is 0.247. The van der Waals surface area contributed by atoms with Crippen molar-refractivity contribution in [3.8, 4) is 0 Å². The molecule has 4 N–H and O–H groups in total. The molecule has 0 unspecified atom stereocenters. The van der Waals surface area contributed by atoms with E-state index in [2.05, 4.69) is 10.6 Å². The molecular formula is C15H23Cl2N3O2S. The first kappa shape index (κ1) is 22.1. The normalized spacial score (nSPS) is 11.6. The Labute approximate surface area is 152 Å². The zero-order valence-electron chi connectivity index (χ0n) is 13.4. The van der Waals surface area contributed by atoms with Crippen LogP contribution in [0.15, 0.2) is 23.1 Å². The molecule has 0 fully saturated rings. The maximum atomic E-state index is 12.0. The number of rotatable bonds is 7. The minimum Gasteiger partial charge on any atom is -0.346 e. The van der Waals surface area contributed by atoms with Gasteiger partial charge in [0.05, 0.1) is 18.3 Å². The van der Waals surface area contributed by atoms with Crippen molar-refractivity contribution in [3.05, 3.63) is 23.2 Å². The summed E-state index contributed by atoms with van der Waals surface area (Å²) in [5.41, 5.74) is 6.36. The highest BCUT2D eigenvalue weighted by atomic mass is 35.5. The first-order valence-corrected chi connectivity index (χ1v) is 8.47. The van der Waals surface area contributed by atoms with Crippen molar-refractivity contribution in [2.75, 3.05) is 17.6 Å². The van der Waals surface area contributed by atoms with Gasteiger partial charge in [0.25, 0.3) is 0 Å². The maximum absolute atomic E-state index is 12.0. The molecule has 130 valence electrons. The second kappa shape index (κ2) is 10.8. The van der Waals surface area contributed by atoms with Crippen LogP contribution in [0, 0.1) is 5.92 Å². The molecule has 1 aromatic carbocycles. The lowest BCUT2D eigenvalue weighted by Gasteiger charge is -2.15. The minimum absolute atomic E-state index is 0. The van der Waals surface area contributed by atoms with Gasteiger partial charge in [-0.15, -0.1) is 24.2 Å². The summed E-state index contributed by atoms with van der Waals surface area (Å²) in [6.45, 7) is 5.61. The van der Waals surface area contributed by atoms with E-state index in [1.807, 2.05) is 26.8 Å². The van der Waals surface area contributed by atoms with E-state index in [-0.39, 0.29) is 36.7 Å². The van der Waals surface area contributed by atoms with Crippen LogP contribution >= 0.6 is 35.8 Å². The molecule has 0 saturated heterocycles. The molecule has 1 atom stereocenters. The van der Waals surface area contributed by atoms with Crippen LogP contribution in [0.2, 0.25) is 5.02 Å². The molecule has 1 rings (SSSR count). The van der Waals surface area contributed by atoms with E-state index in [4.69, 9.17) is 17.3 Å². The van der Waals surface area contributed by atoms with Crippen LogP contribution in [0.25, 0.3) is 0 Å². The van der Waals surface area contributed by atoms with Crippen molar-refractivity contribution in [2.24, 2.45) is 11.7 Å². The molecule has 0 aliphatic carbocycles. The SMILES string of the molecule is CCSc1ccc(Cl)cc1NC(=O)CNC(=O)[C@@H](N)C(C)C.Cl. The molecule has 0 bridgehead atoms. The largest absolute Gasteiger partial charge is 0.346 e.